The number of hydrogen-bond acceptors (Lipinski definition) is 2. The van der Waals surface area contributed by atoms with Gasteiger partial charge in [0.25, 0.3) is 5.91 Å². The topological polar surface area (TPSA) is 55.1 Å². The van der Waals surface area contributed by atoms with E-state index in [1.807, 2.05) is 6.92 Å². The molecule has 0 aromatic heterocycles. The van der Waals surface area contributed by atoms with Crippen LogP contribution in [0, 0.1) is 18.6 Å². The number of benzene rings is 2. The van der Waals surface area contributed by atoms with Gasteiger partial charge in [0, 0.05) is 21.9 Å². The maximum Gasteiger partial charge on any atom is 0.257 e. The molecule has 104 valence electrons. The molecule has 2 aromatic carbocycles. The molecule has 6 heteroatoms. The molecule has 0 saturated carbocycles. The Balaban J connectivity index is 2.28. The van der Waals surface area contributed by atoms with Gasteiger partial charge < -0.3 is 11.1 Å². The molecule has 3 N–H and O–H groups in total. The fourth-order valence-electron chi connectivity index (χ4n) is 1.68. The van der Waals surface area contributed by atoms with Crippen LogP contribution in [0.5, 0.6) is 0 Å². The highest BCUT2D eigenvalue weighted by Gasteiger charge is 2.14. The summed E-state index contributed by atoms with van der Waals surface area (Å²) < 4.78 is 27.0. The summed E-state index contributed by atoms with van der Waals surface area (Å²) in [4.78, 5) is 12.0. The second-order valence-corrected chi connectivity index (χ2v) is 5.13. The summed E-state index contributed by atoms with van der Waals surface area (Å²) in [5.74, 6) is -2.79. The monoisotopic (exact) mass is 340 g/mol. The number of nitrogen functional groups attached to an aromatic ring is 1. The number of rotatable bonds is 2. The van der Waals surface area contributed by atoms with Crippen LogP contribution in [-0.2, 0) is 0 Å². The molecule has 1 amide bonds. The first-order valence-corrected chi connectivity index (χ1v) is 6.50. The molecular weight excluding hydrogens is 330 g/mol. The summed E-state index contributed by atoms with van der Waals surface area (Å²) in [6.45, 7) is 1.87. The highest BCUT2D eigenvalue weighted by Crippen LogP contribution is 2.22. The van der Waals surface area contributed by atoms with Crippen molar-refractivity contribution in [3.63, 3.8) is 0 Å². The Morgan fingerprint density at radius 2 is 1.85 bits per heavy atom. The fourth-order valence-corrected chi connectivity index (χ4v) is 1.93. The zero-order valence-electron chi connectivity index (χ0n) is 10.5. The van der Waals surface area contributed by atoms with Crippen LogP contribution in [0.15, 0.2) is 34.8 Å². The van der Waals surface area contributed by atoms with Crippen LogP contribution < -0.4 is 11.1 Å². The molecule has 0 fully saturated rings. The minimum Gasteiger partial charge on any atom is -0.398 e. The Kier molecular flexibility index (Phi) is 4.04. The van der Waals surface area contributed by atoms with Crippen molar-refractivity contribution in [2.24, 2.45) is 0 Å². The third kappa shape index (κ3) is 2.96. The number of hydrogen-bond donors (Lipinski definition) is 2. The van der Waals surface area contributed by atoms with E-state index in [1.165, 1.54) is 0 Å². The maximum atomic E-state index is 13.2. The van der Waals surface area contributed by atoms with Crippen LogP contribution in [0.3, 0.4) is 0 Å². The number of nitrogens with one attached hydrogen (secondary N) is 1. The van der Waals surface area contributed by atoms with E-state index in [4.69, 9.17) is 5.73 Å². The van der Waals surface area contributed by atoms with Crippen LogP contribution in [0.4, 0.5) is 20.2 Å². The van der Waals surface area contributed by atoms with Gasteiger partial charge in [-0.3, -0.25) is 4.79 Å². The quantitative estimate of drug-likeness (QED) is 0.815. The first-order valence-electron chi connectivity index (χ1n) is 5.70. The molecular formula is C14H11BrF2N2O. The molecule has 20 heavy (non-hydrogen) atoms. The van der Waals surface area contributed by atoms with Crippen LogP contribution in [0.25, 0.3) is 0 Å². The predicted octanol–water partition coefficient (Wildman–Crippen LogP) is 3.87. The van der Waals surface area contributed by atoms with Gasteiger partial charge in [-0.05, 0) is 36.8 Å². The van der Waals surface area contributed by atoms with Crippen LogP contribution in [0.1, 0.15) is 15.9 Å². The van der Waals surface area contributed by atoms with Crippen molar-refractivity contribution >= 4 is 33.2 Å². The van der Waals surface area contributed by atoms with E-state index in [0.29, 0.717) is 5.69 Å². The van der Waals surface area contributed by atoms with Gasteiger partial charge in [-0.1, -0.05) is 15.9 Å². The molecule has 0 unspecified atom stereocenters. The van der Waals surface area contributed by atoms with Crippen LogP contribution in [-0.4, -0.2) is 5.91 Å². The molecule has 0 bridgehead atoms. The lowest BCUT2D eigenvalue weighted by molar-refractivity contribution is 0.102. The van der Waals surface area contributed by atoms with Gasteiger partial charge in [0.15, 0.2) is 11.6 Å². The van der Waals surface area contributed by atoms with E-state index in [0.717, 1.165) is 22.2 Å². The van der Waals surface area contributed by atoms with E-state index in [2.05, 4.69) is 21.2 Å². The molecule has 2 aromatic rings. The van der Waals surface area contributed by atoms with Crippen LogP contribution >= 0.6 is 15.9 Å². The van der Waals surface area contributed by atoms with Gasteiger partial charge in [-0.15, -0.1) is 0 Å². The molecule has 0 radical (unpaired) electrons. The molecule has 0 aliphatic rings. The highest BCUT2D eigenvalue weighted by atomic mass is 79.9. The number of halogens is 3. The third-order valence-corrected chi connectivity index (χ3v) is 3.64. The molecule has 2 rings (SSSR count). The van der Waals surface area contributed by atoms with Gasteiger partial charge in [0.2, 0.25) is 0 Å². The van der Waals surface area contributed by atoms with E-state index in [-0.39, 0.29) is 11.3 Å². The zero-order valence-corrected chi connectivity index (χ0v) is 12.1. The summed E-state index contributed by atoms with van der Waals surface area (Å²) in [6.07, 6.45) is 0. The SMILES string of the molecule is Cc1cc(NC(=O)c2cc(F)c(F)cc2N)ccc1Br. The van der Waals surface area contributed by atoms with Crippen molar-refractivity contribution in [3.8, 4) is 0 Å². The number of anilines is 2. The number of nitrogens with two attached hydrogens (primary N) is 1. The molecule has 0 aliphatic heterocycles. The number of aryl methyl sites for hydroxylation is 1. The molecule has 0 spiro atoms. The lowest BCUT2D eigenvalue weighted by atomic mass is 10.1. The van der Waals surface area contributed by atoms with E-state index in [1.54, 1.807) is 18.2 Å². The first kappa shape index (κ1) is 14.5. The summed E-state index contributed by atoms with van der Waals surface area (Å²) >= 11 is 3.35. The summed E-state index contributed by atoms with van der Waals surface area (Å²) in [6, 6.07) is 6.78. The van der Waals surface area contributed by atoms with Crippen molar-refractivity contribution in [1.82, 2.24) is 0 Å². The number of amides is 1. The predicted molar refractivity (Wildman–Crippen MR) is 77.6 cm³/mol. The second-order valence-electron chi connectivity index (χ2n) is 4.27. The Morgan fingerprint density at radius 3 is 2.50 bits per heavy atom. The summed E-state index contributed by atoms with van der Waals surface area (Å²) in [5, 5.41) is 2.58. The maximum absolute atomic E-state index is 13.2. The van der Waals surface area contributed by atoms with Gasteiger partial charge in [-0.2, -0.15) is 0 Å². The Hall–Kier alpha value is -1.95. The summed E-state index contributed by atoms with van der Waals surface area (Å²) in [7, 11) is 0. The van der Waals surface area contributed by atoms with Crippen molar-refractivity contribution in [1.29, 1.82) is 0 Å². The first-order chi connectivity index (χ1) is 9.38. The average molecular weight is 341 g/mol. The van der Waals surface area contributed by atoms with Gasteiger partial charge in [0.1, 0.15) is 0 Å². The molecule has 0 aliphatic carbocycles. The minimum atomic E-state index is -1.11. The molecule has 0 heterocycles. The van der Waals surface area contributed by atoms with Gasteiger partial charge in [-0.25, -0.2) is 8.78 Å². The smallest absolute Gasteiger partial charge is 0.257 e. The molecule has 0 atom stereocenters. The zero-order chi connectivity index (χ0) is 14.9. The van der Waals surface area contributed by atoms with Crippen molar-refractivity contribution in [2.45, 2.75) is 6.92 Å². The van der Waals surface area contributed by atoms with E-state index in [9.17, 15) is 13.6 Å². The Bertz CT molecular complexity index is 689. The fraction of sp³-hybridized carbons (Fsp3) is 0.0714. The normalized spacial score (nSPS) is 10.4. The van der Waals surface area contributed by atoms with Crippen molar-refractivity contribution in [2.75, 3.05) is 11.1 Å². The molecule has 3 nitrogen and oxygen atoms in total. The van der Waals surface area contributed by atoms with Crippen molar-refractivity contribution < 1.29 is 13.6 Å². The average Bonchev–Trinajstić information content (AvgIpc) is 2.38. The summed E-state index contributed by atoms with van der Waals surface area (Å²) in [5.41, 5.74) is 6.77. The van der Waals surface area contributed by atoms with Gasteiger partial charge >= 0.3 is 0 Å². The van der Waals surface area contributed by atoms with E-state index < -0.39 is 17.5 Å². The van der Waals surface area contributed by atoms with E-state index >= 15 is 0 Å². The Morgan fingerprint density at radius 1 is 1.20 bits per heavy atom. The molecule has 0 saturated heterocycles. The minimum absolute atomic E-state index is 0.107. The number of carbonyl (C=O) groups is 1. The second kappa shape index (κ2) is 5.58. The third-order valence-electron chi connectivity index (χ3n) is 2.75. The highest BCUT2D eigenvalue weighted by molar-refractivity contribution is 9.10. The van der Waals surface area contributed by atoms with Crippen LogP contribution in [0.2, 0.25) is 0 Å². The largest absolute Gasteiger partial charge is 0.398 e. The van der Waals surface area contributed by atoms with Crippen molar-refractivity contribution in [3.05, 3.63) is 57.6 Å². The lowest BCUT2D eigenvalue weighted by Gasteiger charge is -2.09. The standard InChI is InChI=1S/C14H11BrF2N2O/c1-7-4-8(2-3-10(7)15)19-14(20)9-5-11(16)12(17)6-13(9)18/h2-6H,18H2,1H3,(H,19,20). The van der Waals surface area contributed by atoms with Gasteiger partial charge in [0.05, 0.1) is 5.56 Å². The Labute approximate surface area is 122 Å². The lowest BCUT2D eigenvalue weighted by Crippen LogP contribution is -2.15. The number of carbonyl (C=O) groups excluding carboxylic acids is 1.